The standard InChI is InChI=1S/C15H18BrNO3/c1-14(2,13(19)20)9-17-12(18)15(7-8-15)10-3-5-11(16)6-4-10/h3-6H,7-9H2,1-2H3,(H,17,18)(H,19,20). The van der Waals surface area contributed by atoms with Gasteiger partial charge in [0.25, 0.3) is 0 Å². The molecule has 0 spiro atoms. The summed E-state index contributed by atoms with van der Waals surface area (Å²) in [5, 5.41) is 11.9. The van der Waals surface area contributed by atoms with Crippen LogP contribution in [0.3, 0.4) is 0 Å². The topological polar surface area (TPSA) is 66.4 Å². The number of amides is 1. The maximum atomic E-state index is 12.4. The highest BCUT2D eigenvalue weighted by molar-refractivity contribution is 9.10. The van der Waals surface area contributed by atoms with Crippen molar-refractivity contribution in [3.63, 3.8) is 0 Å². The lowest BCUT2D eigenvalue weighted by Crippen LogP contribution is -2.43. The van der Waals surface area contributed by atoms with Crippen LogP contribution in [0.2, 0.25) is 0 Å². The molecule has 1 aliphatic carbocycles. The molecule has 1 aromatic carbocycles. The van der Waals surface area contributed by atoms with Gasteiger partial charge in [0, 0.05) is 11.0 Å². The second-order valence-corrected chi connectivity index (χ2v) is 6.88. The lowest BCUT2D eigenvalue weighted by Gasteiger charge is -2.22. The molecule has 108 valence electrons. The average Bonchev–Trinajstić information content (AvgIpc) is 3.18. The molecule has 2 N–H and O–H groups in total. The van der Waals surface area contributed by atoms with Gasteiger partial charge in [-0.1, -0.05) is 28.1 Å². The van der Waals surface area contributed by atoms with E-state index >= 15 is 0 Å². The van der Waals surface area contributed by atoms with E-state index in [4.69, 9.17) is 5.11 Å². The smallest absolute Gasteiger partial charge is 0.310 e. The van der Waals surface area contributed by atoms with E-state index in [1.807, 2.05) is 24.3 Å². The summed E-state index contributed by atoms with van der Waals surface area (Å²) in [6, 6.07) is 7.73. The third-order valence-electron chi connectivity index (χ3n) is 3.85. The minimum Gasteiger partial charge on any atom is -0.481 e. The van der Waals surface area contributed by atoms with E-state index in [0.717, 1.165) is 22.9 Å². The molecule has 0 aromatic heterocycles. The molecule has 0 saturated heterocycles. The van der Waals surface area contributed by atoms with E-state index in [1.54, 1.807) is 13.8 Å². The molecule has 4 nitrogen and oxygen atoms in total. The second-order valence-electron chi connectivity index (χ2n) is 5.96. The van der Waals surface area contributed by atoms with E-state index in [1.165, 1.54) is 0 Å². The maximum absolute atomic E-state index is 12.4. The largest absolute Gasteiger partial charge is 0.481 e. The third kappa shape index (κ3) is 2.87. The van der Waals surface area contributed by atoms with Gasteiger partial charge in [-0.05, 0) is 44.4 Å². The van der Waals surface area contributed by atoms with Crippen molar-refractivity contribution in [1.29, 1.82) is 0 Å². The summed E-state index contributed by atoms with van der Waals surface area (Å²) in [4.78, 5) is 23.4. The minimum absolute atomic E-state index is 0.0749. The zero-order chi connectivity index (χ0) is 15.0. The molecule has 1 aromatic rings. The molecule has 0 heterocycles. The minimum atomic E-state index is -0.953. The summed E-state index contributed by atoms with van der Waals surface area (Å²) >= 11 is 3.38. The number of nitrogens with one attached hydrogen (secondary N) is 1. The highest BCUT2D eigenvalue weighted by atomic mass is 79.9. The Labute approximate surface area is 126 Å². The summed E-state index contributed by atoms with van der Waals surface area (Å²) in [7, 11) is 0. The van der Waals surface area contributed by atoms with Crippen LogP contribution in [0.4, 0.5) is 0 Å². The van der Waals surface area contributed by atoms with Crippen LogP contribution in [0, 0.1) is 5.41 Å². The van der Waals surface area contributed by atoms with Gasteiger partial charge in [0.1, 0.15) is 0 Å². The molecular formula is C15H18BrNO3. The number of benzene rings is 1. The third-order valence-corrected chi connectivity index (χ3v) is 4.38. The summed E-state index contributed by atoms with van der Waals surface area (Å²) in [6.45, 7) is 3.35. The number of hydrogen-bond donors (Lipinski definition) is 2. The fraction of sp³-hybridized carbons (Fsp3) is 0.467. The van der Waals surface area contributed by atoms with Gasteiger partial charge in [0.15, 0.2) is 0 Å². The van der Waals surface area contributed by atoms with Crippen LogP contribution < -0.4 is 5.32 Å². The Hall–Kier alpha value is -1.36. The Bertz CT molecular complexity index is 533. The number of carboxylic acids is 1. The highest BCUT2D eigenvalue weighted by Gasteiger charge is 2.51. The van der Waals surface area contributed by atoms with Crippen LogP contribution in [0.15, 0.2) is 28.7 Å². The van der Waals surface area contributed by atoms with Crippen molar-refractivity contribution >= 4 is 27.8 Å². The van der Waals surface area contributed by atoms with Crippen LogP contribution in [-0.4, -0.2) is 23.5 Å². The van der Waals surface area contributed by atoms with Crippen LogP contribution in [0.1, 0.15) is 32.3 Å². The van der Waals surface area contributed by atoms with Gasteiger partial charge in [-0.3, -0.25) is 9.59 Å². The molecule has 0 aliphatic heterocycles. The Morgan fingerprint density at radius 3 is 2.30 bits per heavy atom. The van der Waals surface area contributed by atoms with E-state index in [9.17, 15) is 9.59 Å². The number of carbonyl (C=O) groups is 2. The predicted molar refractivity (Wildman–Crippen MR) is 79.5 cm³/mol. The first-order chi connectivity index (χ1) is 9.28. The Morgan fingerprint density at radius 1 is 1.30 bits per heavy atom. The number of halogens is 1. The normalized spacial score (nSPS) is 16.6. The Kier molecular flexibility index (Phi) is 3.91. The van der Waals surface area contributed by atoms with Gasteiger partial charge in [-0.25, -0.2) is 0 Å². The highest BCUT2D eigenvalue weighted by Crippen LogP contribution is 2.48. The number of aliphatic carboxylic acids is 1. The first-order valence-electron chi connectivity index (χ1n) is 6.56. The maximum Gasteiger partial charge on any atom is 0.310 e. The van der Waals surface area contributed by atoms with Gasteiger partial charge < -0.3 is 10.4 Å². The molecule has 1 saturated carbocycles. The monoisotopic (exact) mass is 339 g/mol. The first-order valence-corrected chi connectivity index (χ1v) is 7.35. The van der Waals surface area contributed by atoms with E-state index in [-0.39, 0.29) is 12.5 Å². The second kappa shape index (κ2) is 5.20. The molecule has 1 amide bonds. The lowest BCUT2D eigenvalue weighted by molar-refractivity contribution is -0.146. The number of hydrogen-bond acceptors (Lipinski definition) is 2. The molecule has 2 rings (SSSR count). The van der Waals surface area contributed by atoms with Crippen molar-refractivity contribution in [1.82, 2.24) is 5.32 Å². The summed E-state index contributed by atoms with van der Waals surface area (Å²) in [6.07, 6.45) is 1.63. The lowest BCUT2D eigenvalue weighted by atomic mass is 9.91. The van der Waals surface area contributed by atoms with Crippen molar-refractivity contribution in [2.24, 2.45) is 5.41 Å². The number of rotatable bonds is 5. The molecule has 20 heavy (non-hydrogen) atoms. The SMILES string of the molecule is CC(C)(CNC(=O)C1(c2ccc(Br)cc2)CC1)C(=O)O. The Balaban J connectivity index is 2.06. The summed E-state index contributed by atoms with van der Waals surface area (Å²) < 4.78 is 0.976. The Morgan fingerprint density at radius 2 is 1.85 bits per heavy atom. The number of carboxylic acid groups (broad SMARTS) is 1. The van der Waals surface area contributed by atoms with Crippen molar-refractivity contribution in [2.75, 3.05) is 6.54 Å². The molecular weight excluding hydrogens is 322 g/mol. The van der Waals surface area contributed by atoms with Crippen LogP contribution in [-0.2, 0) is 15.0 Å². The summed E-state index contributed by atoms with van der Waals surface area (Å²) in [5.41, 5.74) is -0.424. The fourth-order valence-electron chi connectivity index (χ4n) is 2.09. The predicted octanol–water partition coefficient (Wildman–Crippen LogP) is 2.71. The van der Waals surface area contributed by atoms with Crippen molar-refractivity contribution < 1.29 is 14.7 Å². The molecule has 0 radical (unpaired) electrons. The van der Waals surface area contributed by atoms with Gasteiger partial charge in [-0.2, -0.15) is 0 Å². The molecule has 1 fully saturated rings. The summed E-state index contributed by atoms with van der Waals surface area (Å²) in [5.74, 6) is -0.986. The van der Waals surface area contributed by atoms with Crippen molar-refractivity contribution in [3.8, 4) is 0 Å². The molecule has 1 aliphatic rings. The first kappa shape index (κ1) is 15.0. The van der Waals surface area contributed by atoms with Crippen molar-refractivity contribution in [3.05, 3.63) is 34.3 Å². The zero-order valence-electron chi connectivity index (χ0n) is 11.6. The average molecular weight is 340 g/mol. The van der Waals surface area contributed by atoms with Gasteiger partial charge in [-0.15, -0.1) is 0 Å². The van der Waals surface area contributed by atoms with Crippen LogP contribution >= 0.6 is 15.9 Å². The molecule has 0 unspecified atom stereocenters. The molecule has 0 bridgehead atoms. The quantitative estimate of drug-likeness (QED) is 0.866. The van der Waals surface area contributed by atoms with Gasteiger partial charge >= 0.3 is 5.97 Å². The number of carbonyl (C=O) groups excluding carboxylic acids is 1. The van der Waals surface area contributed by atoms with Gasteiger partial charge in [0.05, 0.1) is 10.8 Å². The fourth-order valence-corrected chi connectivity index (χ4v) is 2.35. The molecule has 5 heteroatoms. The van der Waals surface area contributed by atoms with Crippen molar-refractivity contribution in [2.45, 2.75) is 32.1 Å². The van der Waals surface area contributed by atoms with E-state index < -0.39 is 16.8 Å². The van der Waals surface area contributed by atoms with Crippen LogP contribution in [0.5, 0.6) is 0 Å². The molecule has 0 atom stereocenters. The zero-order valence-corrected chi connectivity index (χ0v) is 13.2. The van der Waals surface area contributed by atoms with Crippen LogP contribution in [0.25, 0.3) is 0 Å². The van der Waals surface area contributed by atoms with E-state index in [0.29, 0.717) is 0 Å². The van der Waals surface area contributed by atoms with E-state index in [2.05, 4.69) is 21.2 Å². The van der Waals surface area contributed by atoms with Gasteiger partial charge in [0.2, 0.25) is 5.91 Å².